The number of nitrogens with one attached hydrogen (secondary N) is 1. The maximum atomic E-state index is 12.9. The molecule has 8 heteroatoms. The fraction of sp³-hybridized carbons (Fsp3) is 0.364. The lowest BCUT2D eigenvalue weighted by atomic mass is 9.84. The second-order valence-corrected chi connectivity index (χ2v) is 7.66. The number of nitro groups is 1. The van der Waals surface area contributed by atoms with Gasteiger partial charge in [0.2, 0.25) is 0 Å². The van der Waals surface area contributed by atoms with Gasteiger partial charge in [-0.2, -0.15) is 0 Å². The molecule has 2 aromatic carbocycles. The van der Waals surface area contributed by atoms with Crippen molar-refractivity contribution >= 4 is 17.6 Å². The van der Waals surface area contributed by atoms with Gasteiger partial charge in [-0.3, -0.25) is 14.9 Å². The van der Waals surface area contributed by atoms with E-state index in [0.717, 1.165) is 18.4 Å². The summed E-state index contributed by atoms with van der Waals surface area (Å²) in [6.07, 6.45) is 3.20. The van der Waals surface area contributed by atoms with Crippen LogP contribution in [0.15, 0.2) is 42.5 Å². The largest absolute Gasteiger partial charge is 0.497 e. The van der Waals surface area contributed by atoms with E-state index in [9.17, 15) is 24.8 Å². The maximum Gasteiger partial charge on any atom is 0.329 e. The highest BCUT2D eigenvalue weighted by molar-refractivity contribution is 6.01. The van der Waals surface area contributed by atoms with Gasteiger partial charge in [0.1, 0.15) is 16.9 Å². The molecular formula is C22H24N2O6. The van der Waals surface area contributed by atoms with E-state index in [-0.39, 0.29) is 17.2 Å². The quantitative estimate of drug-likeness (QED) is 0.523. The summed E-state index contributed by atoms with van der Waals surface area (Å²) in [5, 5.41) is 24.0. The van der Waals surface area contributed by atoms with Crippen molar-refractivity contribution in [2.45, 2.75) is 38.1 Å². The summed E-state index contributed by atoms with van der Waals surface area (Å²) in [5.41, 5.74) is -0.719. The first kappa shape index (κ1) is 21.3. The molecule has 0 heterocycles. The number of ether oxygens (including phenoxy) is 1. The van der Waals surface area contributed by atoms with Crippen molar-refractivity contribution in [3.63, 3.8) is 0 Å². The maximum absolute atomic E-state index is 12.9. The first-order valence-corrected chi connectivity index (χ1v) is 9.75. The Labute approximate surface area is 174 Å². The molecule has 0 bridgehead atoms. The third-order valence-corrected chi connectivity index (χ3v) is 5.85. The Morgan fingerprint density at radius 1 is 1.13 bits per heavy atom. The smallest absolute Gasteiger partial charge is 0.329 e. The van der Waals surface area contributed by atoms with E-state index in [1.165, 1.54) is 19.1 Å². The average molecular weight is 412 g/mol. The van der Waals surface area contributed by atoms with Crippen LogP contribution in [0.4, 0.5) is 5.69 Å². The predicted molar refractivity (Wildman–Crippen MR) is 111 cm³/mol. The van der Waals surface area contributed by atoms with E-state index in [0.29, 0.717) is 24.2 Å². The van der Waals surface area contributed by atoms with Gasteiger partial charge < -0.3 is 15.2 Å². The first-order chi connectivity index (χ1) is 14.3. The van der Waals surface area contributed by atoms with E-state index < -0.39 is 22.3 Å². The number of hydrogen-bond donors (Lipinski definition) is 2. The average Bonchev–Trinajstić information content (AvgIpc) is 3.28. The van der Waals surface area contributed by atoms with Crippen molar-refractivity contribution < 1.29 is 24.4 Å². The van der Waals surface area contributed by atoms with Crippen LogP contribution in [0.2, 0.25) is 0 Å². The number of aliphatic carboxylic acids is 1. The summed E-state index contributed by atoms with van der Waals surface area (Å²) in [4.78, 5) is 35.8. The summed E-state index contributed by atoms with van der Waals surface area (Å²) >= 11 is 0. The Bertz CT molecular complexity index is 966. The van der Waals surface area contributed by atoms with Gasteiger partial charge in [-0.1, -0.05) is 31.0 Å². The normalized spacial score (nSPS) is 15.9. The molecule has 1 amide bonds. The fourth-order valence-corrected chi connectivity index (χ4v) is 3.97. The van der Waals surface area contributed by atoms with Gasteiger partial charge in [0.05, 0.1) is 12.0 Å². The molecule has 3 rings (SSSR count). The van der Waals surface area contributed by atoms with Crippen molar-refractivity contribution in [3.8, 4) is 16.9 Å². The van der Waals surface area contributed by atoms with Crippen molar-refractivity contribution in [2.75, 3.05) is 7.11 Å². The molecule has 0 aromatic heterocycles. The number of methoxy groups -OCH3 is 1. The SMILES string of the molecule is COc1ccc(-c2ccc(C(=O)N[C@](C)(C(=O)O)C3CCCC3)c([N+](=O)[O-])c2)cc1. The summed E-state index contributed by atoms with van der Waals surface area (Å²) in [7, 11) is 1.55. The van der Waals surface area contributed by atoms with Crippen LogP contribution < -0.4 is 10.1 Å². The molecule has 158 valence electrons. The lowest BCUT2D eigenvalue weighted by Crippen LogP contribution is -2.56. The molecule has 30 heavy (non-hydrogen) atoms. The Balaban J connectivity index is 1.93. The highest BCUT2D eigenvalue weighted by atomic mass is 16.6. The number of nitro benzene ring substituents is 1. The van der Waals surface area contributed by atoms with Crippen molar-refractivity contribution in [3.05, 3.63) is 58.1 Å². The molecule has 0 aliphatic heterocycles. The number of amides is 1. The number of benzene rings is 2. The van der Waals surface area contributed by atoms with Gasteiger partial charge >= 0.3 is 5.97 Å². The molecule has 0 spiro atoms. The number of carbonyl (C=O) groups is 2. The Morgan fingerprint density at radius 2 is 1.73 bits per heavy atom. The molecule has 0 radical (unpaired) electrons. The predicted octanol–water partition coefficient (Wildman–Crippen LogP) is 4.03. The second-order valence-electron chi connectivity index (χ2n) is 7.66. The van der Waals surface area contributed by atoms with Gasteiger partial charge in [-0.25, -0.2) is 4.79 Å². The minimum atomic E-state index is -1.48. The molecule has 1 aliphatic carbocycles. The van der Waals surface area contributed by atoms with Gasteiger partial charge in [-0.15, -0.1) is 0 Å². The van der Waals surface area contributed by atoms with E-state index in [2.05, 4.69) is 5.32 Å². The van der Waals surface area contributed by atoms with Crippen LogP contribution in [0.3, 0.4) is 0 Å². The van der Waals surface area contributed by atoms with Gasteiger partial charge in [0.25, 0.3) is 11.6 Å². The lowest BCUT2D eigenvalue weighted by molar-refractivity contribution is -0.385. The minimum Gasteiger partial charge on any atom is -0.497 e. The zero-order valence-electron chi connectivity index (χ0n) is 16.9. The molecule has 1 aliphatic rings. The molecule has 2 aromatic rings. The lowest BCUT2D eigenvalue weighted by Gasteiger charge is -2.32. The highest BCUT2D eigenvalue weighted by Crippen LogP contribution is 2.35. The van der Waals surface area contributed by atoms with Crippen molar-refractivity contribution in [1.29, 1.82) is 0 Å². The minimum absolute atomic E-state index is 0.164. The number of nitrogens with zero attached hydrogens (tertiary/aromatic N) is 1. The molecule has 1 fully saturated rings. The van der Waals surface area contributed by atoms with Crippen molar-refractivity contribution in [1.82, 2.24) is 5.32 Å². The first-order valence-electron chi connectivity index (χ1n) is 9.75. The van der Waals surface area contributed by atoms with E-state index in [4.69, 9.17) is 4.74 Å². The van der Waals surface area contributed by atoms with Crippen LogP contribution in [-0.4, -0.2) is 34.6 Å². The number of rotatable bonds is 7. The molecular weight excluding hydrogens is 388 g/mol. The monoisotopic (exact) mass is 412 g/mol. The molecule has 0 unspecified atom stereocenters. The van der Waals surface area contributed by atoms with Gasteiger partial charge in [-0.05, 0) is 55.0 Å². The highest BCUT2D eigenvalue weighted by Gasteiger charge is 2.44. The number of carboxylic acids is 1. The van der Waals surface area contributed by atoms with Gasteiger partial charge in [0.15, 0.2) is 0 Å². The number of hydrogen-bond acceptors (Lipinski definition) is 5. The van der Waals surface area contributed by atoms with Crippen LogP contribution >= 0.6 is 0 Å². The van der Waals surface area contributed by atoms with Crippen LogP contribution in [0.1, 0.15) is 43.0 Å². The molecule has 1 atom stereocenters. The Kier molecular flexibility index (Phi) is 6.05. The van der Waals surface area contributed by atoms with Crippen molar-refractivity contribution in [2.24, 2.45) is 5.92 Å². The van der Waals surface area contributed by atoms with Gasteiger partial charge in [0, 0.05) is 6.07 Å². The van der Waals surface area contributed by atoms with Crippen LogP contribution in [0, 0.1) is 16.0 Å². The Morgan fingerprint density at radius 3 is 2.27 bits per heavy atom. The Hall–Kier alpha value is -3.42. The standard InChI is InChI=1S/C22H24N2O6/c1-22(21(26)27,16-5-3-4-6-16)23-20(25)18-12-9-15(13-19(18)24(28)29)14-7-10-17(30-2)11-8-14/h7-13,16H,3-6H2,1-2H3,(H,23,25)(H,26,27)/t22-/m0/s1. The molecule has 2 N–H and O–H groups in total. The molecule has 8 nitrogen and oxygen atoms in total. The molecule has 1 saturated carbocycles. The number of carboxylic acid groups (broad SMARTS) is 1. The topological polar surface area (TPSA) is 119 Å². The van der Waals surface area contributed by atoms with E-state index in [1.54, 1.807) is 37.4 Å². The fourth-order valence-electron chi connectivity index (χ4n) is 3.97. The third-order valence-electron chi connectivity index (χ3n) is 5.85. The van der Waals surface area contributed by atoms with Crippen LogP contribution in [0.25, 0.3) is 11.1 Å². The summed E-state index contributed by atoms with van der Waals surface area (Å²) in [5.74, 6) is -1.46. The summed E-state index contributed by atoms with van der Waals surface area (Å²) in [6, 6.07) is 11.3. The van der Waals surface area contributed by atoms with E-state index in [1.807, 2.05) is 0 Å². The van der Waals surface area contributed by atoms with Crippen LogP contribution in [-0.2, 0) is 4.79 Å². The summed E-state index contributed by atoms with van der Waals surface area (Å²) < 4.78 is 5.12. The summed E-state index contributed by atoms with van der Waals surface area (Å²) in [6.45, 7) is 1.47. The van der Waals surface area contributed by atoms with E-state index >= 15 is 0 Å². The third kappa shape index (κ3) is 4.12. The van der Waals surface area contributed by atoms with Crippen LogP contribution in [0.5, 0.6) is 5.75 Å². The second kappa shape index (κ2) is 8.52. The zero-order chi connectivity index (χ0) is 21.9. The zero-order valence-corrected chi connectivity index (χ0v) is 16.9. The number of carbonyl (C=O) groups excluding carboxylic acids is 1. The molecule has 0 saturated heterocycles.